The van der Waals surface area contributed by atoms with E-state index in [1.807, 2.05) is 43.3 Å². The second kappa shape index (κ2) is 11.9. The third-order valence-electron chi connectivity index (χ3n) is 5.16. The summed E-state index contributed by atoms with van der Waals surface area (Å²) in [5.41, 5.74) is 2.43. The van der Waals surface area contributed by atoms with Crippen molar-refractivity contribution in [1.82, 2.24) is 5.32 Å². The number of nitriles is 1. The zero-order chi connectivity index (χ0) is 25.4. The molecule has 3 aromatic carbocycles. The summed E-state index contributed by atoms with van der Waals surface area (Å²) in [6.07, 6.45) is 1.48. The van der Waals surface area contributed by atoms with Crippen molar-refractivity contribution in [2.75, 3.05) is 7.11 Å². The summed E-state index contributed by atoms with van der Waals surface area (Å²) in [4.78, 5) is 23.7. The highest BCUT2D eigenvalue weighted by atomic mass is 79.9. The number of hydrogen-bond acceptors (Lipinski definition) is 5. The van der Waals surface area contributed by atoms with E-state index in [0.29, 0.717) is 21.5 Å². The van der Waals surface area contributed by atoms with Crippen LogP contribution in [0.25, 0.3) is 6.08 Å². The SMILES string of the molecule is COc1cc(/C=C(/C#N)C(=O)N[C@H](C)c2ccccc2)cc(Br)c1OCc1ccc(C(=O)O)cc1. The highest BCUT2D eigenvalue weighted by Crippen LogP contribution is 2.37. The maximum Gasteiger partial charge on any atom is 0.335 e. The highest BCUT2D eigenvalue weighted by Gasteiger charge is 2.16. The summed E-state index contributed by atoms with van der Waals surface area (Å²) in [5.74, 6) is -0.634. The Hall–Kier alpha value is -4.09. The normalized spacial score (nSPS) is 11.8. The standard InChI is InChI=1S/C27H23BrN2O5/c1-17(20-6-4-3-5-7-20)30-26(31)22(15-29)12-19-13-23(28)25(24(14-19)34-2)35-16-18-8-10-21(11-9-18)27(32)33/h3-14,17H,16H2,1-2H3,(H,30,31)(H,32,33)/b22-12-/t17-/m1/s1. The number of carboxylic acids is 1. The first-order valence-corrected chi connectivity index (χ1v) is 11.4. The summed E-state index contributed by atoms with van der Waals surface area (Å²) >= 11 is 3.47. The van der Waals surface area contributed by atoms with Crippen molar-refractivity contribution in [3.05, 3.63) is 99.0 Å². The van der Waals surface area contributed by atoms with Crippen LogP contribution >= 0.6 is 15.9 Å². The molecule has 2 N–H and O–H groups in total. The summed E-state index contributed by atoms with van der Waals surface area (Å²) in [7, 11) is 1.49. The fourth-order valence-electron chi connectivity index (χ4n) is 3.28. The van der Waals surface area contributed by atoms with Gasteiger partial charge in [-0.2, -0.15) is 5.26 Å². The molecule has 3 aromatic rings. The first-order valence-electron chi connectivity index (χ1n) is 10.6. The number of ether oxygens (including phenoxy) is 2. The monoisotopic (exact) mass is 534 g/mol. The van der Waals surface area contributed by atoms with Crippen LogP contribution in [0.4, 0.5) is 0 Å². The number of benzene rings is 3. The summed E-state index contributed by atoms with van der Waals surface area (Å²) in [5, 5.41) is 21.4. The lowest BCUT2D eigenvalue weighted by Crippen LogP contribution is -2.27. The molecule has 0 heterocycles. The summed E-state index contributed by atoms with van der Waals surface area (Å²) in [6, 6.07) is 20.9. The second-order valence-electron chi connectivity index (χ2n) is 7.60. The number of hydrogen-bond donors (Lipinski definition) is 2. The molecule has 0 radical (unpaired) electrons. The average Bonchev–Trinajstić information content (AvgIpc) is 2.86. The molecule has 178 valence electrons. The predicted octanol–water partition coefficient (Wildman–Crippen LogP) is 5.52. The van der Waals surface area contributed by atoms with Crippen LogP contribution in [0.15, 0.2) is 76.8 Å². The van der Waals surface area contributed by atoms with Gasteiger partial charge in [-0.25, -0.2) is 4.79 Å². The van der Waals surface area contributed by atoms with Crippen molar-refractivity contribution in [3.8, 4) is 17.6 Å². The van der Waals surface area contributed by atoms with Gasteiger partial charge < -0.3 is 19.9 Å². The number of rotatable bonds is 9. The molecule has 0 spiro atoms. The second-order valence-corrected chi connectivity index (χ2v) is 8.45. The van der Waals surface area contributed by atoms with Crippen LogP contribution in [0.1, 0.15) is 40.0 Å². The van der Waals surface area contributed by atoms with Gasteiger partial charge in [-0.3, -0.25) is 4.79 Å². The number of methoxy groups -OCH3 is 1. The van der Waals surface area contributed by atoms with Gasteiger partial charge in [-0.05, 0) is 69.9 Å². The Bertz CT molecular complexity index is 1280. The van der Waals surface area contributed by atoms with Gasteiger partial charge in [0.2, 0.25) is 0 Å². The Balaban J connectivity index is 1.77. The molecule has 0 aliphatic carbocycles. The lowest BCUT2D eigenvalue weighted by atomic mass is 10.1. The van der Waals surface area contributed by atoms with Crippen LogP contribution < -0.4 is 14.8 Å². The maximum atomic E-state index is 12.7. The molecule has 0 unspecified atom stereocenters. The highest BCUT2D eigenvalue weighted by molar-refractivity contribution is 9.10. The van der Waals surface area contributed by atoms with E-state index in [2.05, 4.69) is 21.2 Å². The first kappa shape index (κ1) is 25.5. The Kier molecular flexibility index (Phi) is 8.65. The van der Waals surface area contributed by atoms with Gasteiger partial charge in [-0.15, -0.1) is 0 Å². The molecule has 0 fully saturated rings. The number of nitrogens with zero attached hydrogens (tertiary/aromatic N) is 1. The average molecular weight is 535 g/mol. The van der Waals surface area contributed by atoms with Crippen LogP contribution in [0, 0.1) is 11.3 Å². The smallest absolute Gasteiger partial charge is 0.335 e. The maximum absolute atomic E-state index is 12.7. The topological polar surface area (TPSA) is 109 Å². The Morgan fingerprint density at radius 1 is 1.14 bits per heavy atom. The minimum absolute atomic E-state index is 0.0473. The van der Waals surface area contributed by atoms with Gasteiger partial charge in [0.15, 0.2) is 11.5 Å². The molecule has 0 aromatic heterocycles. The number of halogens is 1. The van der Waals surface area contributed by atoms with Crippen LogP contribution in [0.2, 0.25) is 0 Å². The van der Waals surface area contributed by atoms with Gasteiger partial charge in [-0.1, -0.05) is 42.5 Å². The molecule has 0 aliphatic rings. The number of aromatic carboxylic acids is 1. The summed E-state index contributed by atoms with van der Waals surface area (Å²) in [6.45, 7) is 2.04. The van der Waals surface area contributed by atoms with Gasteiger partial charge in [0.05, 0.1) is 23.2 Å². The van der Waals surface area contributed by atoms with Gasteiger partial charge in [0, 0.05) is 0 Å². The van der Waals surface area contributed by atoms with E-state index >= 15 is 0 Å². The minimum Gasteiger partial charge on any atom is -0.493 e. The summed E-state index contributed by atoms with van der Waals surface area (Å²) < 4.78 is 11.9. The van der Waals surface area contributed by atoms with E-state index < -0.39 is 11.9 Å². The minimum atomic E-state index is -0.995. The predicted molar refractivity (Wildman–Crippen MR) is 135 cm³/mol. The largest absolute Gasteiger partial charge is 0.493 e. The third-order valence-corrected chi connectivity index (χ3v) is 5.75. The lowest BCUT2D eigenvalue weighted by molar-refractivity contribution is -0.117. The number of nitrogens with one attached hydrogen (secondary N) is 1. The Labute approximate surface area is 211 Å². The Morgan fingerprint density at radius 3 is 2.43 bits per heavy atom. The molecule has 35 heavy (non-hydrogen) atoms. The van der Waals surface area contributed by atoms with Crippen molar-refractivity contribution in [2.45, 2.75) is 19.6 Å². The van der Waals surface area contributed by atoms with Crippen molar-refractivity contribution in [2.24, 2.45) is 0 Å². The number of carboxylic acid groups (broad SMARTS) is 1. The van der Waals surface area contributed by atoms with E-state index in [9.17, 15) is 14.9 Å². The van der Waals surface area contributed by atoms with Crippen molar-refractivity contribution in [1.29, 1.82) is 5.26 Å². The molecule has 0 saturated carbocycles. The molecule has 0 aliphatic heterocycles. The fraction of sp³-hybridized carbons (Fsp3) is 0.148. The van der Waals surface area contributed by atoms with Crippen molar-refractivity contribution >= 4 is 33.9 Å². The molecule has 7 nitrogen and oxygen atoms in total. The molecule has 0 bridgehead atoms. The molecule has 0 saturated heterocycles. The van der Waals surface area contributed by atoms with Gasteiger partial charge >= 0.3 is 5.97 Å². The zero-order valence-corrected chi connectivity index (χ0v) is 20.7. The van der Waals surface area contributed by atoms with Gasteiger partial charge in [0.25, 0.3) is 5.91 Å². The lowest BCUT2D eigenvalue weighted by Gasteiger charge is -2.15. The van der Waals surface area contributed by atoms with Crippen molar-refractivity contribution in [3.63, 3.8) is 0 Å². The van der Waals surface area contributed by atoms with Crippen LogP contribution in [-0.4, -0.2) is 24.1 Å². The van der Waals surface area contributed by atoms with E-state index in [-0.39, 0.29) is 23.8 Å². The molecule has 1 atom stereocenters. The third kappa shape index (κ3) is 6.71. The van der Waals surface area contributed by atoms with Crippen LogP contribution in [0.5, 0.6) is 11.5 Å². The number of carbonyl (C=O) groups excluding carboxylic acids is 1. The quantitative estimate of drug-likeness (QED) is 0.276. The molecule has 3 rings (SSSR count). The first-order chi connectivity index (χ1) is 16.8. The number of amides is 1. The molecular formula is C27H23BrN2O5. The van der Waals surface area contributed by atoms with Gasteiger partial charge in [0.1, 0.15) is 18.2 Å². The Morgan fingerprint density at radius 2 is 1.83 bits per heavy atom. The van der Waals surface area contributed by atoms with E-state index in [1.54, 1.807) is 24.3 Å². The van der Waals surface area contributed by atoms with E-state index in [1.165, 1.54) is 25.3 Å². The fourth-order valence-corrected chi connectivity index (χ4v) is 3.85. The van der Waals surface area contributed by atoms with E-state index in [0.717, 1.165) is 11.1 Å². The van der Waals surface area contributed by atoms with Crippen LogP contribution in [0.3, 0.4) is 0 Å². The molecule has 8 heteroatoms. The molecular weight excluding hydrogens is 512 g/mol. The van der Waals surface area contributed by atoms with E-state index in [4.69, 9.17) is 14.6 Å². The zero-order valence-electron chi connectivity index (χ0n) is 19.1. The van der Waals surface area contributed by atoms with Crippen LogP contribution in [-0.2, 0) is 11.4 Å². The molecule has 1 amide bonds. The number of carbonyl (C=O) groups is 2. The van der Waals surface area contributed by atoms with Crippen molar-refractivity contribution < 1.29 is 24.2 Å².